The van der Waals surface area contributed by atoms with Crippen molar-refractivity contribution < 1.29 is 18.7 Å². The van der Waals surface area contributed by atoms with E-state index >= 15 is 0 Å². The third-order valence-corrected chi connectivity index (χ3v) is 3.04. The van der Waals surface area contributed by atoms with E-state index in [1.807, 2.05) is 31.2 Å². The highest BCUT2D eigenvalue weighted by atomic mass is 16.5. The number of amides is 1. The number of carbonyl (C=O) groups excluding carboxylic acids is 1. The van der Waals surface area contributed by atoms with Crippen LogP contribution in [0.25, 0.3) is 11.1 Å². The van der Waals surface area contributed by atoms with E-state index in [0.29, 0.717) is 17.3 Å². The fourth-order valence-electron chi connectivity index (χ4n) is 2.12. The van der Waals surface area contributed by atoms with Gasteiger partial charge in [-0.15, -0.1) is 0 Å². The van der Waals surface area contributed by atoms with Gasteiger partial charge >= 0.3 is 0 Å². The standard InChI is InChI=1S/C16H18N2O4/c1-10-14(8-12(22-10)9-17-18-11(2)19)13-6-5-7-15(20-3)16(13)21-4/h5-9H,1-4H3,(H,18,19). The van der Waals surface area contributed by atoms with Crippen molar-refractivity contribution in [1.82, 2.24) is 5.43 Å². The van der Waals surface area contributed by atoms with E-state index in [4.69, 9.17) is 13.9 Å². The normalized spacial score (nSPS) is 10.7. The number of aryl methyl sites for hydroxylation is 1. The summed E-state index contributed by atoms with van der Waals surface area (Å²) >= 11 is 0. The number of rotatable bonds is 5. The molecule has 0 atom stereocenters. The average Bonchev–Trinajstić information content (AvgIpc) is 2.86. The second-order valence-electron chi connectivity index (χ2n) is 4.59. The molecule has 0 aliphatic heterocycles. The van der Waals surface area contributed by atoms with Crippen molar-refractivity contribution in [1.29, 1.82) is 0 Å². The first-order chi connectivity index (χ1) is 10.6. The summed E-state index contributed by atoms with van der Waals surface area (Å²) in [4.78, 5) is 10.8. The van der Waals surface area contributed by atoms with Crippen LogP contribution in [0.4, 0.5) is 0 Å². The Hall–Kier alpha value is -2.76. The number of para-hydroxylation sites is 1. The molecular formula is C16H18N2O4. The minimum Gasteiger partial charge on any atom is -0.493 e. The molecule has 1 aromatic carbocycles. The van der Waals surface area contributed by atoms with Crippen molar-refractivity contribution >= 4 is 12.1 Å². The van der Waals surface area contributed by atoms with E-state index in [-0.39, 0.29) is 5.91 Å². The van der Waals surface area contributed by atoms with Crippen molar-refractivity contribution in [3.05, 3.63) is 35.8 Å². The van der Waals surface area contributed by atoms with E-state index in [0.717, 1.165) is 16.9 Å². The summed E-state index contributed by atoms with van der Waals surface area (Å²) < 4.78 is 16.4. The lowest BCUT2D eigenvalue weighted by molar-refractivity contribution is -0.118. The Labute approximate surface area is 128 Å². The number of hydrazone groups is 1. The molecule has 1 amide bonds. The van der Waals surface area contributed by atoms with Crippen molar-refractivity contribution in [2.45, 2.75) is 13.8 Å². The maximum Gasteiger partial charge on any atom is 0.236 e. The Kier molecular flexibility index (Phi) is 4.83. The molecule has 0 saturated heterocycles. The molecule has 0 fully saturated rings. The van der Waals surface area contributed by atoms with Gasteiger partial charge in [-0.3, -0.25) is 4.79 Å². The van der Waals surface area contributed by atoms with Gasteiger partial charge in [0.1, 0.15) is 11.5 Å². The van der Waals surface area contributed by atoms with Gasteiger partial charge in [0.25, 0.3) is 0 Å². The Morgan fingerprint density at radius 2 is 2.05 bits per heavy atom. The molecule has 22 heavy (non-hydrogen) atoms. The van der Waals surface area contributed by atoms with Crippen LogP contribution < -0.4 is 14.9 Å². The first-order valence-corrected chi connectivity index (χ1v) is 6.68. The van der Waals surface area contributed by atoms with Crippen molar-refractivity contribution in [2.75, 3.05) is 14.2 Å². The fraction of sp³-hybridized carbons (Fsp3) is 0.250. The number of ether oxygens (including phenoxy) is 2. The highest BCUT2D eigenvalue weighted by Crippen LogP contribution is 2.39. The van der Waals surface area contributed by atoms with E-state index < -0.39 is 0 Å². The van der Waals surface area contributed by atoms with Crippen LogP contribution in [0.15, 0.2) is 33.8 Å². The summed E-state index contributed by atoms with van der Waals surface area (Å²) in [6.07, 6.45) is 1.45. The van der Waals surface area contributed by atoms with Crippen LogP contribution in [0.1, 0.15) is 18.4 Å². The molecule has 116 valence electrons. The monoisotopic (exact) mass is 302 g/mol. The topological polar surface area (TPSA) is 73.1 Å². The Morgan fingerprint density at radius 1 is 1.27 bits per heavy atom. The second-order valence-corrected chi connectivity index (χ2v) is 4.59. The highest BCUT2D eigenvalue weighted by Gasteiger charge is 2.16. The Balaban J connectivity index is 2.40. The number of hydrogen-bond donors (Lipinski definition) is 1. The molecule has 0 aliphatic carbocycles. The van der Waals surface area contributed by atoms with Crippen LogP contribution >= 0.6 is 0 Å². The molecule has 0 unspecified atom stereocenters. The number of nitrogens with zero attached hydrogens (tertiary/aromatic N) is 1. The summed E-state index contributed by atoms with van der Waals surface area (Å²) in [5.74, 6) is 2.30. The third kappa shape index (κ3) is 3.28. The van der Waals surface area contributed by atoms with Gasteiger partial charge in [-0.05, 0) is 19.1 Å². The van der Waals surface area contributed by atoms with Crippen LogP contribution in [0, 0.1) is 6.92 Å². The lowest BCUT2D eigenvalue weighted by Crippen LogP contribution is -2.12. The van der Waals surface area contributed by atoms with Gasteiger partial charge in [0.2, 0.25) is 5.91 Å². The SMILES string of the molecule is COc1cccc(-c2cc(C=NNC(C)=O)oc2C)c1OC. The predicted molar refractivity (Wildman–Crippen MR) is 83.4 cm³/mol. The maximum atomic E-state index is 10.8. The van der Waals surface area contributed by atoms with Crippen LogP contribution in [0.2, 0.25) is 0 Å². The van der Waals surface area contributed by atoms with Gasteiger partial charge in [-0.25, -0.2) is 5.43 Å². The van der Waals surface area contributed by atoms with E-state index in [2.05, 4.69) is 10.5 Å². The summed E-state index contributed by atoms with van der Waals surface area (Å²) in [6, 6.07) is 7.47. The van der Waals surface area contributed by atoms with Crippen LogP contribution in [-0.2, 0) is 4.79 Å². The van der Waals surface area contributed by atoms with Gasteiger partial charge in [-0.2, -0.15) is 5.10 Å². The van der Waals surface area contributed by atoms with Crippen molar-refractivity contribution in [3.63, 3.8) is 0 Å². The minimum absolute atomic E-state index is 0.241. The molecule has 1 N–H and O–H groups in total. The van der Waals surface area contributed by atoms with Gasteiger partial charge in [0, 0.05) is 18.1 Å². The van der Waals surface area contributed by atoms with Crippen LogP contribution in [-0.4, -0.2) is 26.3 Å². The molecule has 0 aliphatic rings. The number of hydrogen-bond acceptors (Lipinski definition) is 5. The van der Waals surface area contributed by atoms with E-state index in [1.165, 1.54) is 13.1 Å². The molecule has 0 radical (unpaired) electrons. The fourth-order valence-corrected chi connectivity index (χ4v) is 2.12. The number of nitrogens with one attached hydrogen (secondary N) is 1. The lowest BCUT2D eigenvalue weighted by atomic mass is 10.0. The third-order valence-electron chi connectivity index (χ3n) is 3.04. The van der Waals surface area contributed by atoms with Gasteiger partial charge in [0.15, 0.2) is 11.5 Å². The van der Waals surface area contributed by atoms with Crippen molar-refractivity contribution in [2.24, 2.45) is 5.10 Å². The summed E-state index contributed by atoms with van der Waals surface area (Å²) in [6.45, 7) is 3.24. The van der Waals surface area contributed by atoms with E-state index in [1.54, 1.807) is 14.2 Å². The number of methoxy groups -OCH3 is 2. The largest absolute Gasteiger partial charge is 0.493 e. The minimum atomic E-state index is -0.241. The van der Waals surface area contributed by atoms with Crippen LogP contribution in [0.3, 0.4) is 0 Å². The molecule has 1 aromatic heterocycles. The molecule has 0 bridgehead atoms. The molecule has 2 rings (SSSR count). The zero-order chi connectivity index (χ0) is 16.1. The van der Waals surface area contributed by atoms with Gasteiger partial charge < -0.3 is 13.9 Å². The molecular weight excluding hydrogens is 284 g/mol. The number of carbonyl (C=O) groups is 1. The van der Waals surface area contributed by atoms with Crippen LogP contribution in [0.5, 0.6) is 11.5 Å². The lowest BCUT2D eigenvalue weighted by Gasteiger charge is -2.11. The quantitative estimate of drug-likeness (QED) is 0.681. The molecule has 6 nitrogen and oxygen atoms in total. The smallest absolute Gasteiger partial charge is 0.236 e. The highest BCUT2D eigenvalue weighted by molar-refractivity contribution is 5.83. The molecule has 6 heteroatoms. The first kappa shape index (κ1) is 15.6. The Morgan fingerprint density at radius 3 is 2.68 bits per heavy atom. The maximum absolute atomic E-state index is 10.8. The zero-order valence-corrected chi connectivity index (χ0v) is 13.0. The number of furan rings is 1. The first-order valence-electron chi connectivity index (χ1n) is 6.68. The van der Waals surface area contributed by atoms with Crippen molar-refractivity contribution in [3.8, 4) is 22.6 Å². The Bertz CT molecular complexity index is 704. The summed E-state index contributed by atoms with van der Waals surface area (Å²) in [7, 11) is 3.19. The molecule has 0 spiro atoms. The van der Waals surface area contributed by atoms with Gasteiger partial charge in [-0.1, -0.05) is 12.1 Å². The van der Waals surface area contributed by atoms with Gasteiger partial charge in [0.05, 0.1) is 20.4 Å². The molecule has 2 aromatic rings. The zero-order valence-electron chi connectivity index (χ0n) is 13.0. The average molecular weight is 302 g/mol. The summed E-state index contributed by atoms with van der Waals surface area (Å²) in [5, 5.41) is 3.79. The molecule has 1 heterocycles. The molecule has 0 saturated carbocycles. The summed E-state index contributed by atoms with van der Waals surface area (Å²) in [5.41, 5.74) is 4.07. The predicted octanol–water partition coefficient (Wildman–Crippen LogP) is 2.74. The second kappa shape index (κ2) is 6.80. The number of benzene rings is 1. The van der Waals surface area contributed by atoms with E-state index in [9.17, 15) is 4.79 Å².